The lowest BCUT2D eigenvalue weighted by molar-refractivity contribution is -0.141. The Hall–Kier alpha value is -1.35. The number of aliphatic carboxylic acids is 1. The second kappa shape index (κ2) is 6.18. The summed E-state index contributed by atoms with van der Waals surface area (Å²) in [6.07, 6.45) is 8.28. The van der Waals surface area contributed by atoms with Gasteiger partial charge in [-0.2, -0.15) is 0 Å². The zero-order valence-corrected chi connectivity index (χ0v) is 12.7. The fourth-order valence-corrected chi connectivity index (χ4v) is 4.26. The third kappa shape index (κ3) is 2.84. The quantitative estimate of drug-likeness (QED) is 0.864. The van der Waals surface area contributed by atoms with E-state index in [1.165, 1.54) is 36.8 Å². The van der Waals surface area contributed by atoms with Gasteiger partial charge in [-0.3, -0.25) is 9.69 Å². The molecule has 1 aromatic carbocycles. The Morgan fingerprint density at radius 3 is 2.62 bits per heavy atom. The van der Waals surface area contributed by atoms with E-state index in [0.717, 1.165) is 32.4 Å². The molecule has 21 heavy (non-hydrogen) atoms. The summed E-state index contributed by atoms with van der Waals surface area (Å²) in [6.45, 7) is 2.09. The van der Waals surface area contributed by atoms with Gasteiger partial charge in [-0.25, -0.2) is 0 Å². The maximum absolute atomic E-state index is 11.6. The van der Waals surface area contributed by atoms with E-state index in [4.69, 9.17) is 0 Å². The Morgan fingerprint density at radius 2 is 1.86 bits per heavy atom. The van der Waals surface area contributed by atoms with Crippen LogP contribution in [0.15, 0.2) is 24.3 Å². The highest BCUT2D eigenvalue weighted by atomic mass is 16.4. The van der Waals surface area contributed by atoms with Crippen LogP contribution in [0.2, 0.25) is 0 Å². The van der Waals surface area contributed by atoms with Crippen molar-refractivity contribution in [2.24, 2.45) is 0 Å². The number of benzene rings is 1. The van der Waals surface area contributed by atoms with E-state index in [0.29, 0.717) is 0 Å². The number of hydrogen-bond donors (Lipinski definition) is 1. The molecule has 0 spiro atoms. The molecule has 1 fully saturated rings. The van der Waals surface area contributed by atoms with Gasteiger partial charge in [-0.15, -0.1) is 0 Å². The van der Waals surface area contributed by atoms with Crippen molar-refractivity contribution in [1.29, 1.82) is 0 Å². The third-order valence-corrected chi connectivity index (χ3v) is 5.21. The molecule has 0 bridgehead atoms. The van der Waals surface area contributed by atoms with Gasteiger partial charge in [0.2, 0.25) is 0 Å². The summed E-state index contributed by atoms with van der Waals surface area (Å²) in [4.78, 5) is 14.1. The molecule has 1 aromatic rings. The topological polar surface area (TPSA) is 40.5 Å². The first kappa shape index (κ1) is 14.6. The lowest BCUT2D eigenvalue weighted by Gasteiger charge is -2.46. The van der Waals surface area contributed by atoms with E-state index in [1.54, 1.807) is 0 Å². The summed E-state index contributed by atoms with van der Waals surface area (Å²) in [5.74, 6) is -0.669. The fraction of sp³-hybridized carbons (Fsp3) is 0.611. The summed E-state index contributed by atoms with van der Waals surface area (Å²) in [6, 6.07) is 8.54. The van der Waals surface area contributed by atoms with Gasteiger partial charge in [0.25, 0.3) is 0 Å². The van der Waals surface area contributed by atoms with E-state index >= 15 is 0 Å². The van der Waals surface area contributed by atoms with Crippen molar-refractivity contribution >= 4 is 5.97 Å². The molecule has 0 aromatic heterocycles. The summed E-state index contributed by atoms with van der Waals surface area (Å²) in [7, 11) is 0. The normalized spacial score (nSPS) is 26.9. The van der Waals surface area contributed by atoms with Gasteiger partial charge in [0.05, 0.1) is 12.0 Å². The van der Waals surface area contributed by atoms with Crippen molar-refractivity contribution in [3.05, 3.63) is 35.4 Å². The van der Waals surface area contributed by atoms with Crippen LogP contribution in [0.5, 0.6) is 0 Å². The average molecular weight is 287 g/mol. The number of carbonyl (C=O) groups is 1. The van der Waals surface area contributed by atoms with E-state index < -0.39 is 5.97 Å². The maximum Gasteiger partial charge on any atom is 0.305 e. The number of carboxylic acids is 1. The zero-order valence-electron chi connectivity index (χ0n) is 12.7. The standard InChI is InChI=1S/C18H25NO2/c20-17(21)14-18(19-12-6-1-7-13-19)11-5-4-9-15-8-2-3-10-16(15)18/h2-3,8,10H,1,4-7,9,11-14H2,(H,20,21). The summed E-state index contributed by atoms with van der Waals surface area (Å²) >= 11 is 0. The first-order chi connectivity index (χ1) is 10.2. The van der Waals surface area contributed by atoms with Crippen LogP contribution in [-0.2, 0) is 16.8 Å². The zero-order chi connectivity index (χ0) is 14.7. The van der Waals surface area contributed by atoms with Gasteiger partial charge in [0.1, 0.15) is 0 Å². The van der Waals surface area contributed by atoms with Crippen molar-refractivity contribution in [2.45, 2.75) is 56.9 Å². The molecule has 1 N–H and O–H groups in total. The first-order valence-corrected chi connectivity index (χ1v) is 8.28. The van der Waals surface area contributed by atoms with Crippen LogP contribution in [0, 0.1) is 0 Å². The highest BCUT2D eigenvalue weighted by molar-refractivity contribution is 5.69. The number of rotatable bonds is 3. The number of carboxylic acid groups (broad SMARTS) is 1. The van der Waals surface area contributed by atoms with Crippen LogP contribution in [0.4, 0.5) is 0 Å². The number of hydrogen-bond acceptors (Lipinski definition) is 2. The molecule has 3 nitrogen and oxygen atoms in total. The second-order valence-electron chi connectivity index (χ2n) is 6.51. The molecule has 1 aliphatic carbocycles. The minimum absolute atomic E-state index is 0.240. The largest absolute Gasteiger partial charge is 0.481 e. The van der Waals surface area contributed by atoms with Crippen LogP contribution >= 0.6 is 0 Å². The van der Waals surface area contributed by atoms with Gasteiger partial charge in [0, 0.05) is 0 Å². The van der Waals surface area contributed by atoms with Gasteiger partial charge < -0.3 is 5.11 Å². The number of piperidine rings is 1. The number of aryl methyl sites for hydroxylation is 1. The molecule has 3 heteroatoms. The van der Waals surface area contributed by atoms with Crippen molar-refractivity contribution in [2.75, 3.05) is 13.1 Å². The van der Waals surface area contributed by atoms with Gasteiger partial charge in [-0.1, -0.05) is 37.1 Å². The highest BCUT2D eigenvalue weighted by Gasteiger charge is 2.42. The van der Waals surface area contributed by atoms with E-state index in [1.807, 2.05) is 0 Å². The first-order valence-electron chi connectivity index (χ1n) is 8.28. The molecule has 0 radical (unpaired) electrons. The second-order valence-corrected chi connectivity index (χ2v) is 6.51. The monoisotopic (exact) mass is 287 g/mol. The average Bonchev–Trinajstić information content (AvgIpc) is 2.69. The Bertz CT molecular complexity index is 508. The lowest BCUT2D eigenvalue weighted by Crippen LogP contribution is -2.50. The minimum Gasteiger partial charge on any atom is -0.481 e. The van der Waals surface area contributed by atoms with Crippen LogP contribution < -0.4 is 0 Å². The SMILES string of the molecule is O=C(O)CC1(N2CCCCC2)CCCCc2ccccc21. The van der Waals surface area contributed by atoms with Crippen molar-refractivity contribution in [3.63, 3.8) is 0 Å². The molecule has 0 amide bonds. The van der Waals surface area contributed by atoms with E-state index in [2.05, 4.69) is 29.2 Å². The van der Waals surface area contributed by atoms with Crippen molar-refractivity contribution in [1.82, 2.24) is 4.90 Å². The van der Waals surface area contributed by atoms with Crippen molar-refractivity contribution < 1.29 is 9.90 Å². The number of likely N-dealkylation sites (tertiary alicyclic amines) is 1. The Labute approximate surface area is 127 Å². The molecular formula is C18H25NO2. The molecule has 114 valence electrons. The van der Waals surface area contributed by atoms with Crippen molar-refractivity contribution in [3.8, 4) is 0 Å². The summed E-state index contributed by atoms with van der Waals surface area (Å²) in [5, 5.41) is 9.55. The minimum atomic E-state index is -0.669. The van der Waals surface area contributed by atoms with E-state index in [9.17, 15) is 9.90 Å². The van der Waals surface area contributed by atoms with Gasteiger partial charge in [-0.05, 0) is 56.3 Å². The highest BCUT2D eigenvalue weighted by Crippen LogP contribution is 2.43. The fourth-order valence-electron chi connectivity index (χ4n) is 4.26. The molecule has 1 unspecified atom stereocenters. The molecule has 1 aliphatic heterocycles. The predicted molar refractivity (Wildman–Crippen MR) is 83.4 cm³/mol. The Morgan fingerprint density at radius 1 is 1.10 bits per heavy atom. The number of nitrogens with zero attached hydrogens (tertiary/aromatic N) is 1. The lowest BCUT2D eigenvalue weighted by atomic mass is 9.79. The molecule has 1 atom stereocenters. The molecule has 2 aliphatic rings. The maximum atomic E-state index is 11.6. The van der Waals surface area contributed by atoms with Crippen LogP contribution in [0.3, 0.4) is 0 Å². The van der Waals surface area contributed by atoms with Gasteiger partial charge in [0.15, 0.2) is 0 Å². The smallest absolute Gasteiger partial charge is 0.305 e. The predicted octanol–water partition coefficient (Wildman–Crippen LogP) is 3.57. The van der Waals surface area contributed by atoms with Gasteiger partial charge >= 0.3 is 5.97 Å². The Balaban J connectivity index is 2.06. The molecule has 1 heterocycles. The molecule has 1 saturated heterocycles. The van der Waals surface area contributed by atoms with E-state index in [-0.39, 0.29) is 12.0 Å². The summed E-state index contributed by atoms with van der Waals surface area (Å²) < 4.78 is 0. The van der Waals surface area contributed by atoms with Crippen LogP contribution in [0.1, 0.15) is 56.1 Å². The molecular weight excluding hydrogens is 262 g/mol. The van der Waals surface area contributed by atoms with Crippen LogP contribution in [0.25, 0.3) is 0 Å². The summed E-state index contributed by atoms with van der Waals surface area (Å²) in [5.41, 5.74) is 2.37. The third-order valence-electron chi connectivity index (χ3n) is 5.21. The number of fused-ring (bicyclic) bond motifs is 1. The Kier molecular flexibility index (Phi) is 4.29. The van der Waals surface area contributed by atoms with Crippen LogP contribution in [-0.4, -0.2) is 29.1 Å². The molecule has 0 saturated carbocycles. The molecule has 3 rings (SSSR count).